The molecular formula is C16H17ClN2O2. The molecule has 0 heterocycles. The maximum absolute atomic E-state index is 11.8. The first kappa shape index (κ1) is 15.4. The van der Waals surface area contributed by atoms with Crippen LogP contribution in [0.25, 0.3) is 0 Å². The molecule has 0 atom stereocenters. The van der Waals surface area contributed by atoms with E-state index < -0.39 is 0 Å². The summed E-state index contributed by atoms with van der Waals surface area (Å²) in [5, 5.41) is 3.38. The number of amides is 1. The van der Waals surface area contributed by atoms with Crippen molar-refractivity contribution in [3.8, 4) is 5.75 Å². The number of benzene rings is 2. The summed E-state index contributed by atoms with van der Waals surface area (Å²) in [5.74, 6) is 0.377. The molecule has 4 nitrogen and oxygen atoms in total. The van der Waals surface area contributed by atoms with E-state index >= 15 is 0 Å². The number of carbonyl (C=O) groups excluding carboxylic acids is 1. The first-order valence-corrected chi connectivity index (χ1v) is 6.99. The average Bonchev–Trinajstić information content (AvgIpc) is 2.51. The van der Waals surface area contributed by atoms with Gasteiger partial charge in [0.05, 0.1) is 0 Å². The van der Waals surface area contributed by atoms with E-state index in [-0.39, 0.29) is 12.5 Å². The maximum Gasteiger partial charge on any atom is 0.258 e. The lowest BCUT2D eigenvalue weighted by molar-refractivity contribution is -0.123. The van der Waals surface area contributed by atoms with Crippen molar-refractivity contribution in [2.45, 2.75) is 13.1 Å². The Bertz CT molecular complexity index is 617. The highest BCUT2D eigenvalue weighted by atomic mass is 35.5. The lowest BCUT2D eigenvalue weighted by Crippen LogP contribution is -2.28. The Hall–Kier alpha value is -2.04. The molecule has 0 unspecified atom stereocenters. The minimum Gasteiger partial charge on any atom is -0.484 e. The van der Waals surface area contributed by atoms with Crippen LogP contribution in [0.5, 0.6) is 5.75 Å². The molecule has 2 aromatic carbocycles. The molecule has 2 rings (SSSR count). The van der Waals surface area contributed by atoms with Crippen LogP contribution in [0, 0.1) is 0 Å². The number of carbonyl (C=O) groups is 1. The summed E-state index contributed by atoms with van der Waals surface area (Å²) in [6.45, 7) is 0.835. The summed E-state index contributed by atoms with van der Waals surface area (Å²) < 4.78 is 5.37. The fourth-order valence-corrected chi connectivity index (χ4v) is 2.06. The number of nitrogens with two attached hydrogens (primary N) is 1. The predicted molar refractivity (Wildman–Crippen MR) is 83.1 cm³/mol. The monoisotopic (exact) mass is 304 g/mol. The molecule has 0 spiro atoms. The number of hydrogen-bond donors (Lipinski definition) is 2. The van der Waals surface area contributed by atoms with E-state index in [0.29, 0.717) is 23.9 Å². The van der Waals surface area contributed by atoms with Crippen LogP contribution in [0.4, 0.5) is 0 Å². The molecule has 110 valence electrons. The Morgan fingerprint density at radius 3 is 2.62 bits per heavy atom. The molecule has 0 fully saturated rings. The van der Waals surface area contributed by atoms with Gasteiger partial charge in [-0.3, -0.25) is 4.79 Å². The molecule has 2 aromatic rings. The largest absolute Gasteiger partial charge is 0.484 e. The second-order valence-corrected chi connectivity index (χ2v) is 4.93. The lowest BCUT2D eigenvalue weighted by Gasteiger charge is -2.10. The Labute approximate surface area is 128 Å². The highest BCUT2D eigenvalue weighted by Gasteiger charge is 2.05. The zero-order valence-corrected chi connectivity index (χ0v) is 12.3. The van der Waals surface area contributed by atoms with Crippen molar-refractivity contribution in [1.82, 2.24) is 5.32 Å². The fraction of sp³-hybridized carbons (Fsp3) is 0.188. The first-order valence-electron chi connectivity index (χ1n) is 6.61. The van der Waals surface area contributed by atoms with Gasteiger partial charge in [0, 0.05) is 18.1 Å². The predicted octanol–water partition coefficient (Wildman–Crippen LogP) is 2.49. The van der Waals surface area contributed by atoms with Gasteiger partial charge in [-0.25, -0.2) is 0 Å². The molecule has 3 N–H and O–H groups in total. The number of ether oxygens (including phenoxy) is 1. The first-order chi connectivity index (χ1) is 10.2. The van der Waals surface area contributed by atoms with Gasteiger partial charge in [0.25, 0.3) is 5.91 Å². The van der Waals surface area contributed by atoms with Crippen LogP contribution < -0.4 is 15.8 Å². The van der Waals surface area contributed by atoms with E-state index in [1.54, 1.807) is 24.3 Å². The minimum absolute atomic E-state index is 0.0505. The van der Waals surface area contributed by atoms with Crippen LogP contribution in [0.2, 0.25) is 5.02 Å². The van der Waals surface area contributed by atoms with Crippen molar-refractivity contribution in [2.75, 3.05) is 6.61 Å². The Kier molecular flexibility index (Phi) is 5.60. The molecule has 0 bridgehead atoms. The summed E-state index contributed by atoms with van der Waals surface area (Å²) in [6, 6.07) is 14.7. The Morgan fingerprint density at radius 2 is 1.90 bits per heavy atom. The van der Waals surface area contributed by atoms with Gasteiger partial charge in [-0.05, 0) is 29.3 Å². The molecule has 0 aliphatic heterocycles. The third-order valence-electron chi connectivity index (χ3n) is 2.98. The van der Waals surface area contributed by atoms with Crippen LogP contribution in [0.1, 0.15) is 11.1 Å². The van der Waals surface area contributed by atoms with Gasteiger partial charge in [0.1, 0.15) is 5.75 Å². The third kappa shape index (κ3) is 4.77. The van der Waals surface area contributed by atoms with E-state index in [1.165, 1.54) is 0 Å². The summed E-state index contributed by atoms with van der Waals surface area (Å²) in [5.41, 5.74) is 7.69. The summed E-state index contributed by atoms with van der Waals surface area (Å²) in [7, 11) is 0. The van der Waals surface area contributed by atoms with Crippen molar-refractivity contribution in [3.05, 3.63) is 64.7 Å². The zero-order valence-electron chi connectivity index (χ0n) is 11.5. The molecule has 0 saturated heterocycles. The van der Waals surface area contributed by atoms with Gasteiger partial charge >= 0.3 is 0 Å². The fourth-order valence-electron chi connectivity index (χ4n) is 1.88. The summed E-state index contributed by atoms with van der Waals surface area (Å²) in [4.78, 5) is 11.8. The Balaban J connectivity index is 1.82. The highest BCUT2D eigenvalue weighted by molar-refractivity contribution is 6.30. The molecule has 5 heteroatoms. The standard InChI is InChI=1S/C16H17ClN2O2/c17-14-6-3-7-15(8-14)21-11-16(20)19-10-13-5-2-1-4-12(13)9-18/h1-8H,9-11,18H2,(H,19,20). The van der Waals surface area contributed by atoms with Crippen LogP contribution in [0.15, 0.2) is 48.5 Å². The molecule has 0 aliphatic rings. The van der Waals surface area contributed by atoms with Gasteiger partial charge in [0.15, 0.2) is 6.61 Å². The second-order valence-electron chi connectivity index (χ2n) is 4.50. The SMILES string of the molecule is NCc1ccccc1CNC(=O)COc1cccc(Cl)c1. The molecular weight excluding hydrogens is 288 g/mol. The summed E-state index contributed by atoms with van der Waals surface area (Å²) in [6.07, 6.45) is 0. The zero-order chi connectivity index (χ0) is 15.1. The van der Waals surface area contributed by atoms with Crippen molar-refractivity contribution >= 4 is 17.5 Å². The number of halogens is 1. The van der Waals surface area contributed by atoms with Crippen molar-refractivity contribution in [2.24, 2.45) is 5.73 Å². The van der Waals surface area contributed by atoms with E-state index in [4.69, 9.17) is 22.1 Å². The minimum atomic E-state index is -0.193. The number of rotatable bonds is 6. The van der Waals surface area contributed by atoms with Gasteiger partial charge < -0.3 is 15.8 Å². The molecule has 0 aromatic heterocycles. The Morgan fingerprint density at radius 1 is 1.14 bits per heavy atom. The van der Waals surface area contributed by atoms with E-state index in [1.807, 2.05) is 24.3 Å². The normalized spacial score (nSPS) is 10.2. The van der Waals surface area contributed by atoms with Crippen molar-refractivity contribution < 1.29 is 9.53 Å². The van der Waals surface area contributed by atoms with Gasteiger partial charge in [0.2, 0.25) is 0 Å². The van der Waals surface area contributed by atoms with Crippen LogP contribution in [-0.2, 0) is 17.9 Å². The van der Waals surface area contributed by atoms with Crippen LogP contribution in [-0.4, -0.2) is 12.5 Å². The van der Waals surface area contributed by atoms with E-state index in [9.17, 15) is 4.79 Å². The van der Waals surface area contributed by atoms with E-state index in [0.717, 1.165) is 11.1 Å². The van der Waals surface area contributed by atoms with Gasteiger partial charge in [-0.1, -0.05) is 41.9 Å². The summed E-state index contributed by atoms with van der Waals surface area (Å²) >= 11 is 5.84. The quantitative estimate of drug-likeness (QED) is 0.862. The average molecular weight is 305 g/mol. The van der Waals surface area contributed by atoms with Gasteiger partial charge in [-0.2, -0.15) is 0 Å². The maximum atomic E-state index is 11.8. The topological polar surface area (TPSA) is 64.3 Å². The smallest absolute Gasteiger partial charge is 0.258 e. The molecule has 0 saturated carbocycles. The van der Waals surface area contributed by atoms with Gasteiger partial charge in [-0.15, -0.1) is 0 Å². The molecule has 0 aliphatic carbocycles. The molecule has 1 amide bonds. The second kappa shape index (κ2) is 7.67. The third-order valence-corrected chi connectivity index (χ3v) is 3.22. The van der Waals surface area contributed by atoms with E-state index in [2.05, 4.69) is 5.32 Å². The highest BCUT2D eigenvalue weighted by Crippen LogP contribution is 2.16. The molecule has 21 heavy (non-hydrogen) atoms. The van der Waals surface area contributed by atoms with Crippen LogP contribution >= 0.6 is 11.6 Å². The van der Waals surface area contributed by atoms with Crippen molar-refractivity contribution in [1.29, 1.82) is 0 Å². The number of nitrogens with one attached hydrogen (secondary N) is 1. The lowest BCUT2D eigenvalue weighted by atomic mass is 10.1. The number of hydrogen-bond acceptors (Lipinski definition) is 3. The van der Waals surface area contributed by atoms with Crippen LogP contribution in [0.3, 0.4) is 0 Å². The molecule has 0 radical (unpaired) electrons. The van der Waals surface area contributed by atoms with Crippen molar-refractivity contribution in [3.63, 3.8) is 0 Å².